The van der Waals surface area contributed by atoms with Gasteiger partial charge in [0.15, 0.2) is 0 Å². The SMILES string of the molecule is COc1ccc(N2CC(NC(=O)NCCCN3CCCCCC3)CC2=O)cc1. The van der Waals surface area contributed by atoms with Crippen LogP contribution in [0.25, 0.3) is 0 Å². The first-order valence-electron chi connectivity index (χ1n) is 10.4. The zero-order valence-electron chi connectivity index (χ0n) is 16.8. The molecular weight excluding hydrogens is 356 g/mol. The van der Waals surface area contributed by atoms with Crippen molar-refractivity contribution < 1.29 is 14.3 Å². The lowest BCUT2D eigenvalue weighted by atomic mass is 10.2. The summed E-state index contributed by atoms with van der Waals surface area (Å²) >= 11 is 0. The van der Waals surface area contributed by atoms with Gasteiger partial charge in [0.05, 0.1) is 13.2 Å². The van der Waals surface area contributed by atoms with Crippen molar-refractivity contribution in [1.29, 1.82) is 0 Å². The Morgan fingerprint density at radius 1 is 1.14 bits per heavy atom. The average Bonchev–Trinajstić information content (AvgIpc) is 2.90. The fraction of sp³-hybridized carbons (Fsp3) is 0.619. The molecule has 0 saturated carbocycles. The molecule has 3 amide bonds. The molecule has 2 heterocycles. The number of carbonyl (C=O) groups excluding carboxylic acids is 2. The molecule has 1 aromatic carbocycles. The zero-order chi connectivity index (χ0) is 19.8. The van der Waals surface area contributed by atoms with Crippen molar-refractivity contribution in [3.8, 4) is 5.75 Å². The molecule has 2 aliphatic rings. The predicted molar refractivity (Wildman–Crippen MR) is 110 cm³/mol. The first-order valence-corrected chi connectivity index (χ1v) is 10.4. The van der Waals surface area contributed by atoms with Crippen molar-refractivity contribution >= 4 is 17.6 Å². The molecule has 0 radical (unpaired) electrons. The lowest BCUT2D eigenvalue weighted by molar-refractivity contribution is -0.117. The van der Waals surface area contributed by atoms with Crippen molar-refractivity contribution in [1.82, 2.24) is 15.5 Å². The van der Waals surface area contributed by atoms with Gasteiger partial charge in [0.2, 0.25) is 5.91 Å². The van der Waals surface area contributed by atoms with E-state index >= 15 is 0 Å². The van der Waals surface area contributed by atoms with Crippen LogP contribution >= 0.6 is 0 Å². The Labute approximate surface area is 167 Å². The highest BCUT2D eigenvalue weighted by molar-refractivity contribution is 5.96. The van der Waals surface area contributed by atoms with E-state index in [1.807, 2.05) is 24.3 Å². The van der Waals surface area contributed by atoms with Crippen LogP contribution < -0.4 is 20.3 Å². The minimum Gasteiger partial charge on any atom is -0.497 e. The van der Waals surface area contributed by atoms with Gasteiger partial charge in [-0.1, -0.05) is 12.8 Å². The van der Waals surface area contributed by atoms with Crippen LogP contribution in [0, 0.1) is 0 Å². The third-order valence-electron chi connectivity index (χ3n) is 5.48. The Morgan fingerprint density at radius 3 is 2.54 bits per heavy atom. The number of methoxy groups -OCH3 is 1. The van der Waals surface area contributed by atoms with Gasteiger partial charge in [0.25, 0.3) is 0 Å². The Morgan fingerprint density at radius 2 is 1.86 bits per heavy atom. The van der Waals surface area contributed by atoms with E-state index < -0.39 is 0 Å². The monoisotopic (exact) mass is 388 g/mol. The molecule has 2 aliphatic heterocycles. The minimum absolute atomic E-state index is 0.0247. The van der Waals surface area contributed by atoms with Crippen LogP contribution in [0.15, 0.2) is 24.3 Å². The van der Waals surface area contributed by atoms with Gasteiger partial charge in [-0.2, -0.15) is 0 Å². The molecule has 0 spiro atoms. The van der Waals surface area contributed by atoms with Crippen LogP contribution in [-0.2, 0) is 4.79 Å². The van der Waals surface area contributed by atoms with Crippen molar-refractivity contribution in [2.45, 2.75) is 44.6 Å². The summed E-state index contributed by atoms with van der Waals surface area (Å²) in [6.07, 6.45) is 6.53. The molecule has 28 heavy (non-hydrogen) atoms. The summed E-state index contributed by atoms with van der Waals surface area (Å²) in [5.74, 6) is 0.779. The molecule has 2 fully saturated rings. The van der Waals surface area contributed by atoms with Gasteiger partial charge in [-0.05, 0) is 63.2 Å². The number of rotatable bonds is 7. The predicted octanol–water partition coefficient (Wildman–Crippen LogP) is 2.37. The van der Waals surface area contributed by atoms with Crippen LogP contribution in [0.1, 0.15) is 38.5 Å². The number of amides is 3. The Kier molecular flexibility index (Phi) is 7.54. The van der Waals surface area contributed by atoms with Crippen LogP contribution in [0.5, 0.6) is 5.75 Å². The topological polar surface area (TPSA) is 73.9 Å². The highest BCUT2D eigenvalue weighted by atomic mass is 16.5. The molecule has 3 rings (SSSR count). The third-order valence-corrected chi connectivity index (χ3v) is 5.48. The minimum atomic E-state index is -0.190. The van der Waals surface area contributed by atoms with Gasteiger partial charge in [-0.25, -0.2) is 4.79 Å². The van der Waals surface area contributed by atoms with E-state index in [2.05, 4.69) is 15.5 Å². The lowest BCUT2D eigenvalue weighted by Crippen LogP contribution is -2.44. The average molecular weight is 389 g/mol. The third kappa shape index (κ3) is 5.86. The van der Waals surface area contributed by atoms with Crippen molar-refractivity contribution in [3.05, 3.63) is 24.3 Å². The molecule has 0 aromatic heterocycles. The molecule has 7 nitrogen and oxygen atoms in total. The first kappa shape index (κ1) is 20.5. The number of hydrogen-bond donors (Lipinski definition) is 2. The smallest absolute Gasteiger partial charge is 0.315 e. The largest absolute Gasteiger partial charge is 0.497 e. The molecule has 1 aromatic rings. The summed E-state index contributed by atoms with van der Waals surface area (Å²) in [4.78, 5) is 28.7. The van der Waals surface area contributed by atoms with E-state index in [-0.39, 0.29) is 18.0 Å². The van der Waals surface area contributed by atoms with E-state index in [4.69, 9.17) is 4.74 Å². The Balaban J connectivity index is 1.36. The fourth-order valence-corrected chi connectivity index (χ4v) is 3.92. The molecule has 2 N–H and O–H groups in total. The second kappa shape index (κ2) is 10.3. The fourth-order valence-electron chi connectivity index (χ4n) is 3.92. The van der Waals surface area contributed by atoms with E-state index in [0.29, 0.717) is 19.5 Å². The second-order valence-electron chi connectivity index (χ2n) is 7.61. The standard InChI is InChI=1S/C21H32N4O3/c1-28-19-9-7-18(8-10-19)25-16-17(15-20(25)26)23-21(27)22-11-6-14-24-12-4-2-3-5-13-24/h7-10,17H,2-6,11-16H2,1H3,(H2,22,23,27). The van der Waals surface area contributed by atoms with Crippen molar-refractivity contribution in [2.75, 3.05) is 44.7 Å². The highest BCUT2D eigenvalue weighted by Crippen LogP contribution is 2.24. The zero-order valence-corrected chi connectivity index (χ0v) is 16.8. The van der Waals surface area contributed by atoms with Gasteiger partial charge < -0.3 is 25.2 Å². The highest BCUT2D eigenvalue weighted by Gasteiger charge is 2.31. The maximum absolute atomic E-state index is 12.3. The summed E-state index contributed by atoms with van der Waals surface area (Å²) in [7, 11) is 1.61. The molecule has 1 unspecified atom stereocenters. The van der Waals surface area contributed by atoms with Crippen molar-refractivity contribution in [3.63, 3.8) is 0 Å². The molecule has 1 atom stereocenters. The van der Waals surface area contributed by atoms with Crippen LogP contribution in [-0.4, -0.2) is 62.7 Å². The number of urea groups is 1. The lowest BCUT2D eigenvalue weighted by Gasteiger charge is -2.20. The van der Waals surface area contributed by atoms with Gasteiger partial charge in [0, 0.05) is 25.2 Å². The molecular formula is C21H32N4O3. The maximum atomic E-state index is 12.3. The van der Waals surface area contributed by atoms with E-state index in [0.717, 1.165) is 24.4 Å². The van der Waals surface area contributed by atoms with Gasteiger partial charge in [-0.3, -0.25) is 4.79 Å². The Hall–Kier alpha value is -2.28. The normalized spacial score (nSPS) is 20.7. The first-order chi connectivity index (χ1) is 13.7. The molecule has 154 valence electrons. The number of carbonyl (C=O) groups is 2. The Bertz CT molecular complexity index is 642. The quantitative estimate of drug-likeness (QED) is 0.704. The summed E-state index contributed by atoms with van der Waals surface area (Å²) in [6.45, 7) is 4.54. The van der Waals surface area contributed by atoms with Gasteiger partial charge in [0.1, 0.15) is 5.75 Å². The number of nitrogens with one attached hydrogen (secondary N) is 2. The summed E-state index contributed by atoms with van der Waals surface area (Å²) in [6, 6.07) is 7.04. The molecule has 0 bridgehead atoms. The number of benzene rings is 1. The number of anilines is 1. The molecule has 7 heteroatoms. The van der Waals surface area contributed by atoms with Gasteiger partial charge in [-0.15, -0.1) is 0 Å². The van der Waals surface area contributed by atoms with Crippen LogP contribution in [0.4, 0.5) is 10.5 Å². The van der Waals surface area contributed by atoms with E-state index in [9.17, 15) is 9.59 Å². The summed E-state index contributed by atoms with van der Waals surface area (Å²) in [5, 5.41) is 5.86. The van der Waals surface area contributed by atoms with Crippen LogP contribution in [0.3, 0.4) is 0 Å². The number of nitrogens with zero attached hydrogens (tertiary/aromatic N) is 2. The summed E-state index contributed by atoms with van der Waals surface area (Å²) < 4.78 is 5.15. The summed E-state index contributed by atoms with van der Waals surface area (Å²) in [5.41, 5.74) is 0.827. The van der Waals surface area contributed by atoms with E-state index in [1.54, 1.807) is 12.0 Å². The van der Waals surface area contributed by atoms with Crippen molar-refractivity contribution in [2.24, 2.45) is 0 Å². The second-order valence-corrected chi connectivity index (χ2v) is 7.61. The number of likely N-dealkylation sites (tertiary alicyclic amines) is 1. The molecule has 0 aliphatic carbocycles. The number of hydrogen-bond acceptors (Lipinski definition) is 4. The number of ether oxygens (including phenoxy) is 1. The van der Waals surface area contributed by atoms with Gasteiger partial charge >= 0.3 is 6.03 Å². The maximum Gasteiger partial charge on any atom is 0.315 e. The van der Waals surface area contributed by atoms with Crippen LogP contribution in [0.2, 0.25) is 0 Å². The molecule has 2 saturated heterocycles. The van der Waals surface area contributed by atoms with E-state index in [1.165, 1.54) is 38.8 Å².